The zero-order chi connectivity index (χ0) is 15.5. The summed E-state index contributed by atoms with van der Waals surface area (Å²) in [6.07, 6.45) is -2.31. The van der Waals surface area contributed by atoms with Crippen molar-refractivity contribution in [3.05, 3.63) is 70.8 Å². The predicted octanol–water partition coefficient (Wildman–Crippen LogP) is 5.99. The van der Waals surface area contributed by atoms with E-state index in [1.165, 1.54) is 11.6 Å². The van der Waals surface area contributed by atoms with Crippen LogP contribution in [0.2, 0.25) is 0 Å². The van der Waals surface area contributed by atoms with Crippen molar-refractivity contribution in [3.63, 3.8) is 0 Å². The molecule has 0 nitrogen and oxygen atoms in total. The molecule has 2 aromatic rings. The van der Waals surface area contributed by atoms with E-state index in [0.29, 0.717) is 5.56 Å². The molecule has 0 N–H and O–H groups in total. The molecule has 0 heterocycles. The molecule has 2 aromatic carbocycles. The number of hydrogen-bond acceptors (Lipinski definition) is 0. The number of hydrogen-bond donors (Lipinski definition) is 0. The first-order chi connectivity index (χ1) is 9.91. The van der Waals surface area contributed by atoms with Crippen LogP contribution in [0, 0.1) is 0 Å². The number of alkyl halides is 4. The molecule has 0 saturated heterocycles. The third-order valence-corrected chi connectivity index (χ3v) is 3.82. The summed E-state index contributed by atoms with van der Waals surface area (Å²) in [6, 6.07) is 12.9. The first-order valence-electron chi connectivity index (χ1n) is 6.82. The van der Waals surface area contributed by atoms with Crippen LogP contribution in [0.1, 0.15) is 41.0 Å². The van der Waals surface area contributed by atoms with Gasteiger partial charge in [-0.2, -0.15) is 13.2 Å². The fraction of sp³-hybridized carbons (Fsp3) is 0.294. The highest BCUT2D eigenvalue weighted by molar-refractivity contribution is 6.22. The average molecular weight is 313 g/mol. The highest BCUT2D eigenvalue weighted by Gasteiger charge is 2.30. The van der Waals surface area contributed by atoms with Gasteiger partial charge < -0.3 is 0 Å². The van der Waals surface area contributed by atoms with Crippen molar-refractivity contribution in [2.75, 3.05) is 0 Å². The average Bonchev–Trinajstić information content (AvgIpc) is 2.47. The van der Waals surface area contributed by atoms with E-state index in [1.807, 2.05) is 24.3 Å². The molecule has 0 aliphatic rings. The summed E-state index contributed by atoms with van der Waals surface area (Å²) in [7, 11) is 0. The highest BCUT2D eigenvalue weighted by atomic mass is 35.5. The van der Waals surface area contributed by atoms with Gasteiger partial charge >= 0.3 is 6.18 Å². The summed E-state index contributed by atoms with van der Waals surface area (Å²) >= 11 is 6.32. The van der Waals surface area contributed by atoms with Crippen LogP contribution in [0.3, 0.4) is 0 Å². The van der Waals surface area contributed by atoms with Crippen molar-refractivity contribution in [2.24, 2.45) is 0 Å². The largest absolute Gasteiger partial charge is 0.416 e. The Kier molecular flexibility index (Phi) is 4.94. The van der Waals surface area contributed by atoms with Gasteiger partial charge in [0.1, 0.15) is 0 Å². The van der Waals surface area contributed by atoms with E-state index in [4.69, 9.17) is 11.6 Å². The Morgan fingerprint density at radius 2 is 1.67 bits per heavy atom. The van der Waals surface area contributed by atoms with E-state index in [1.54, 1.807) is 6.07 Å². The Balaban J connectivity index is 2.25. The molecule has 4 heteroatoms. The summed E-state index contributed by atoms with van der Waals surface area (Å²) < 4.78 is 38.2. The van der Waals surface area contributed by atoms with E-state index in [9.17, 15) is 13.2 Å². The monoisotopic (exact) mass is 312 g/mol. The van der Waals surface area contributed by atoms with Crippen LogP contribution in [0.4, 0.5) is 13.2 Å². The van der Waals surface area contributed by atoms with E-state index in [2.05, 4.69) is 6.92 Å². The zero-order valence-corrected chi connectivity index (χ0v) is 12.4. The molecule has 0 aromatic heterocycles. The van der Waals surface area contributed by atoms with Gasteiger partial charge in [-0.15, -0.1) is 11.6 Å². The lowest BCUT2D eigenvalue weighted by Crippen LogP contribution is -2.06. The van der Waals surface area contributed by atoms with E-state index >= 15 is 0 Å². The number of aryl methyl sites for hydroxylation is 1. The van der Waals surface area contributed by atoms with E-state index < -0.39 is 17.1 Å². The summed E-state index contributed by atoms with van der Waals surface area (Å²) in [5.74, 6) is 0. The lowest BCUT2D eigenvalue weighted by Gasteiger charge is -2.14. The molecule has 21 heavy (non-hydrogen) atoms. The number of halogens is 4. The third kappa shape index (κ3) is 4.01. The van der Waals surface area contributed by atoms with Gasteiger partial charge in [0.2, 0.25) is 0 Å². The van der Waals surface area contributed by atoms with Crippen LogP contribution in [-0.4, -0.2) is 0 Å². The Hall–Kier alpha value is -1.48. The first kappa shape index (κ1) is 15.9. The van der Waals surface area contributed by atoms with Gasteiger partial charge in [0.25, 0.3) is 0 Å². The number of rotatable bonds is 4. The Morgan fingerprint density at radius 3 is 2.24 bits per heavy atom. The summed E-state index contributed by atoms with van der Waals surface area (Å²) in [5.41, 5.74) is 1.79. The molecule has 0 radical (unpaired) electrons. The van der Waals surface area contributed by atoms with Gasteiger partial charge in [0, 0.05) is 0 Å². The van der Waals surface area contributed by atoms with Crippen molar-refractivity contribution in [1.29, 1.82) is 0 Å². The SMILES string of the molecule is CCCc1ccc(C(Cl)c2cccc(C(F)(F)F)c2)cc1. The lowest BCUT2D eigenvalue weighted by molar-refractivity contribution is -0.137. The maximum absolute atomic E-state index is 12.7. The maximum Gasteiger partial charge on any atom is 0.416 e. The van der Waals surface area contributed by atoms with E-state index in [-0.39, 0.29) is 0 Å². The minimum absolute atomic E-state index is 0.453. The fourth-order valence-electron chi connectivity index (χ4n) is 2.21. The third-order valence-electron chi connectivity index (χ3n) is 3.32. The first-order valence-corrected chi connectivity index (χ1v) is 7.25. The molecule has 0 aliphatic heterocycles. The molecule has 112 valence electrons. The lowest BCUT2D eigenvalue weighted by atomic mass is 10.00. The van der Waals surface area contributed by atoms with Crippen molar-refractivity contribution in [2.45, 2.75) is 31.3 Å². The van der Waals surface area contributed by atoms with Gasteiger partial charge in [-0.3, -0.25) is 0 Å². The maximum atomic E-state index is 12.7. The molecular formula is C17H16ClF3. The van der Waals surface area contributed by atoms with E-state index in [0.717, 1.165) is 30.5 Å². The molecule has 0 bridgehead atoms. The minimum atomic E-state index is -4.35. The Labute approximate surface area is 127 Å². The van der Waals surface area contributed by atoms with Crippen molar-refractivity contribution in [1.82, 2.24) is 0 Å². The van der Waals surface area contributed by atoms with Crippen molar-refractivity contribution < 1.29 is 13.2 Å². The molecule has 0 aliphatic carbocycles. The zero-order valence-electron chi connectivity index (χ0n) is 11.6. The smallest absolute Gasteiger partial charge is 0.166 e. The molecule has 0 saturated carbocycles. The standard InChI is InChI=1S/C17H16ClF3/c1-2-4-12-7-9-13(10-8-12)16(18)14-5-3-6-15(11-14)17(19,20)21/h3,5-11,16H,2,4H2,1H3. The molecule has 1 unspecified atom stereocenters. The van der Waals surface area contributed by atoms with Crippen LogP contribution >= 0.6 is 11.6 Å². The second-order valence-electron chi connectivity index (χ2n) is 4.98. The van der Waals surface area contributed by atoms with Crippen LogP contribution in [0.15, 0.2) is 48.5 Å². The van der Waals surface area contributed by atoms with Crippen LogP contribution < -0.4 is 0 Å². The molecular weight excluding hydrogens is 297 g/mol. The second-order valence-corrected chi connectivity index (χ2v) is 5.41. The fourth-order valence-corrected chi connectivity index (χ4v) is 2.49. The topological polar surface area (TPSA) is 0 Å². The summed E-state index contributed by atoms with van der Waals surface area (Å²) in [5, 5.41) is -0.581. The predicted molar refractivity (Wildman–Crippen MR) is 79.6 cm³/mol. The van der Waals surface area contributed by atoms with Gasteiger partial charge in [-0.25, -0.2) is 0 Å². The molecule has 0 spiro atoms. The van der Waals surface area contributed by atoms with Crippen LogP contribution in [0.25, 0.3) is 0 Å². The Bertz CT molecular complexity index is 588. The van der Waals surface area contributed by atoms with Crippen LogP contribution in [0.5, 0.6) is 0 Å². The number of benzene rings is 2. The quantitative estimate of drug-likeness (QED) is 0.609. The Morgan fingerprint density at radius 1 is 1.00 bits per heavy atom. The van der Waals surface area contributed by atoms with Gasteiger partial charge in [0.05, 0.1) is 10.9 Å². The summed E-state index contributed by atoms with van der Waals surface area (Å²) in [4.78, 5) is 0. The minimum Gasteiger partial charge on any atom is -0.166 e. The van der Waals surface area contributed by atoms with Gasteiger partial charge in [-0.1, -0.05) is 49.7 Å². The van der Waals surface area contributed by atoms with Gasteiger partial charge in [-0.05, 0) is 35.2 Å². The molecule has 2 rings (SSSR count). The second kappa shape index (κ2) is 6.52. The summed E-state index contributed by atoms with van der Waals surface area (Å²) in [6.45, 7) is 2.10. The molecule has 0 amide bonds. The van der Waals surface area contributed by atoms with Gasteiger partial charge in [0.15, 0.2) is 0 Å². The highest BCUT2D eigenvalue weighted by Crippen LogP contribution is 2.34. The van der Waals surface area contributed by atoms with Crippen LogP contribution in [-0.2, 0) is 12.6 Å². The van der Waals surface area contributed by atoms with Crippen molar-refractivity contribution in [3.8, 4) is 0 Å². The molecule has 1 atom stereocenters. The normalized spacial score (nSPS) is 13.2. The molecule has 0 fully saturated rings. The van der Waals surface area contributed by atoms with Crippen molar-refractivity contribution >= 4 is 11.6 Å².